The Kier molecular flexibility index (Phi) is 4.20. The predicted octanol–water partition coefficient (Wildman–Crippen LogP) is 3.92. The van der Waals surface area contributed by atoms with E-state index in [0.717, 1.165) is 49.3 Å². The zero-order valence-corrected chi connectivity index (χ0v) is 21.9. The number of ether oxygens (including phenoxy) is 1. The van der Waals surface area contributed by atoms with Crippen LogP contribution in [0.5, 0.6) is 0 Å². The lowest BCUT2D eigenvalue weighted by atomic mass is 9.57. The molecule has 4 fully saturated rings. The van der Waals surface area contributed by atoms with Gasteiger partial charge in [0, 0.05) is 34.4 Å². The number of aromatic nitrogens is 1. The number of anilines is 1. The largest absolute Gasteiger partial charge is 0.390 e. The lowest BCUT2D eigenvalue weighted by molar-refractivity contribution is -0.248. The molecule has 9 atom stereocenters. The standard InChI is InChI=1S/C31H37N3O3/c1-28-9-8-21-22-14-30(22)27(36)26(35)23(34(2)3)15-29(30)10-11-31(21,37-29)24(28)7-6-20(28)18-5-4-17-13-25(32)33-16-19(17)12-18/h4-6,8,12-13,16,22-24,26-27,35-36H,7,9-11,14-15H2,1-3H3,(H2,32,33)/t22?,23-,24?,26+,27-,28+,29+,30?,31+/m0/s1. The van der Waals surface area contributed by atoms with Crippen molar-refractivity contribution in [1.82, 2.24) is 9.88 Å². The van der Waals surface area contributed by atoms with Gasteiger partial charge in [-0.15, -0.1) is 0 Å². The Morgan fingerprint density at radius 1 is 1.08 bits per heavy atom. The van der Waals surface area contributed by atoms with E-state index in [2.05, 4.69) is 47.2 Å². The van der Waals surface area contributed by atoms with E-state index in [1.54, 1.807) is 0 Å². The molecule has 3 spiro atoms. The van der Waals surface area contributed by atoms with Crippen LogP contribution in [0.15, 0.2) is 48.2 Å². The molecule has 6 heteroatoms. The van der Waals surface area contributed by atoms with Crippen molar-refractivity contribution in [2.75, 3.05) is 19.8 Å². The summed E-state index contributed by atoms with van der Waals surface area (Å²) in [4.78, 5) is 6.40. The molecule has 2 saturated heterocycles. The van der Waals surface area contributed by atoms with Gasteiger partial charge in [-0.2, -0.15) is 0 Å². The topological polar surface area (TPSA) is 91.8 Å². The highest BCUT2D eigenvalue weighted by Crippen LogP contribution is 2.81. The summed E-state index contributed by atoms with van der Waals surface area (Å²) in [5, 5.41) is 24.9. The minimum atomic E-state index is -0.735. The summed E-state index contributed by atoms with van der Waals surface area (Å²) in [6.07, 6.45) is 11.1. The molecular weight excluding hydrogens is 462 g/mol. The van der Waals surface area contributed by atoms with E-state index in [4.69, 9.17) is 10.5 Å². The van der Waals surface area contributed by atoms with E-state index in [1.807, 2.05) is 26.4 Å². The van der Waals surface area contributed by atoms with Gasteiger partial charge in [0.05, 0.1) is 23.4 Å². The zero-order valence-electron chi connectivity index (χ0n) is 21.9. The number of nitrogens with two attached hydrogens (primary N) is 1. The van der Waals surface area contributed by atoms with Crippen LogP contribution in [0.1, 0.15) is 51.0 Å². The summed E-state index contributed by atoms with van der Waals surface area (Å²) in [5.74, 6) is 1.27. The van der Waals surface area contributed by atoms with E-state index in [-0.39, 0.29) is 28.1 Å². The molecule has 3 unspecified atom stereocenters. The first-order valence-corrected chi connectivity index (χ1v) is 13.9. The molecule has 1 aromatic heterocycles. The van der Waals surface area contributed by atoms with Crippen molar-refractivity contribution < 1.29 is 14.9 Å². The van der Waals surface area contributed by atoms with Gasteiger partial charge in [-0.3, -0.25) is 0 Å². The molecule has 1 aromatic carbocycles. The smallest absolute Gasteiger partial charge is 0.123 e. The van der Waals surface area contributed by atoms with Crippen LogP contribution in [0.4, 0.5) is 5.82 Å². The molecular formula is C31H37N3O3. The fourth-order valence-electron chi connectivity index (χ4n) is 9.96. The van der Waals surface area contributed by atoms with Crippen LogP contribution in [0, 0.1) is 22.7 Å². The van der Waals surface area contributed by atoms with Crippen LogP contribution in [-0.2, 0) is 4.74 Å². The predicted molar refractivity (Wildman–Crippen MR) is 143 cm³/mol. The van der Waals surface area contributed by atoms with Crippen molar-refractivity contribution in [2.24, 2.45) is 22.7 Å². The van der Waals surface area contributed by atoms with Crippen molar-refractivity contribution in [1.29, 1.82) is 0 Å². The number of fused-ring (bicyclic) bond motifs is 3. The molecule has 37 heavy (non-hydrogen) atoms. The van der Waals surface area contributed by atoms with Gasteiger partial charge < -0.3 is 25.6 Å². The number of aliphatic hydroxyl groups excluding tert-OH is 2. The Hall–Kier alpha value is -2.25. The van der Waals surface area contributed by atoms with Gasteiger partial charge >= 0.3 is 0 Å². The number of rotatable bonds is 2. The van der Waals surface area contributed by atoms with Gasteiger partial charge in [0.15, 0.2) is 0 Å². The molecule has 6 nitrogen and oxygen atoms in total. The molecule has 3 heterocycles. The highest BCUT2D eigenvalue weighted by Gasteiger charge is 2.84. The molecule has 8 rings (SSSR count). The Morgan fingerprint density at radius 2 is 1.92 bits per heavy atom. The highest BCUT2D eigenvalue weighted by atomic mass is 16.5. The normalized spacial score (nSPS) is 47.1. The maximum atomic E-state index is 11.5. The maximum absolute atomic E-state index is 11.5. The first-order valence-electron chi connectivity index (χ1n) is 13.9. The molecule has 4 aliphatic carbocycles. The number of pyridine rings is 1. The number of nitrogen functional groups attached to an aromatic ring is 1. The van der Waals surface area contributed by atoms with Crippen LogP contribution < -0.4 is 5.73 Å². The van der Waals surface area contributed by atoms with E-state index in [0.29, 0.717) is 17.7 Å². The number of hydrogen-bond donors (Lipinski definition) is 3. The number of allylic oxidation sites excluding steroid dienone is 3. The molecule has 2 bridgehead atoms. The minimum absolute atomic E-state index is 0.00736. The summed E-state index contributed by atoms with van der Waals surface area (Å²) in [7, 11) is 4.02. The first-order chi connectivity index (χ1) is 17.7. The van der Waals surface area contributed by atoms with E-state index < -0.39 is 12.2 Å². The Bertz CT molecular complexity index is 1420. The van der Waals surface area contributed by atoms with Crippen LogP contribution in [0.25, 0.3) is 16.3 Å². The second-order valence-corrected chi connectivity index (χ2v) is 13.3. The van der Waals surface area contributed by atoms with Crippen molar-refractivity contribution in [3.8, 4) is 0 Å². The summed E-state index contributed by atoms with van der Waals surface area (Å²) in [6.45, 7) is 2.44. The SMILES string of the molecule is CN(C)[C@H]1C[C@@]23CC[C@@]4(O2)C(=CC[C@]2(C)C(c5ccc6cc(N)ncc6c5)=CCC24)C2CC23[C@@H](O)[C@@H]1O. The molecule has 0 amide bonds. The third kappa shape index (κ3) is 2.50. The first kappa shape index (κ1) is 22.7. The fourth-order valence-corrected chi connectivity index (χ4v) is 9.96. The number of benzene rings is 1. The molecule has 0 radical (unpaired) electrons. The molecule has 2 saturated carbocycles. The monoisotopic (exact) mass is 499 g/mol. The second kappa shape index (κ2) is 6.84. The summed E-state index contributed by atoms with van der Waals surface area (Å²) < 4.78 is 7.45. The van der Waals surface area contributed by atoms with Crippen molar-refractivity contribution in [3.63, 3.8) is 0 Å². The molecule has 2 aliphatic heterocycles. The summed E-state index contributed by atoms with van der Waals surface area (Å²) >= 11 is 0. The Morgan fingerprint density at radius 3 is 2.73 bits per heavy atom. The summed E-state index contributed by atoms with van der Waals surface area (Å²) in [5.41, 5.74) is 9.10. The maximum Gasteiger partial charge on any atom is 0.123 e. The van der Waals surface area contributed by atoms with Gasteiger partial charge in [0.1, 0.15) is 5.82 Å². The average molecular weight is 500 g/mol. The van der Waals surface area contributed by atoms with Crippen LogP contribution >= 0.6 is 0 Å². The molecule has 194 valence electrons. The van der Waals surface area contributed by atoms with Crippen LogP contribution in [0.3, 0.4) is 0 Å². The average Bonchev–Trinajstić information content (AvgIpc) is 3.40. The number of likely N-dealkylation sites (N-methyl/N-ethyl adjacent to an activating group) is 1. The minimum Gasteiger partial charge on any atom is -0.390 e. The van der Waals surface area contributed by atoms with Gasteiger partial charge in [0.25, 0.3) is 0 Å². The van der Waals surface area contributed by atoms with Crippen molar-refractivity contribution >= 4 is 22.2 Å². The number of hydrogen-bond acceptors (Lipinski definition) is 6. The Balaban J connectivity index is 1.20. The lowest BCUT2D eigenvalue weighted by Crippen LogP contribution is -2.67. The highest BCUT2D eigenvalue weighted by molar-refractivity contribution is 5.88. The van der Waals surface area contributed by atoms with Crippen molar-refractivity contribution in [3.05, 3.63) is 53.8 Å². The van der Waals surface area contributed by atoms with Gasteiger partial charge in [0.2, 0.25) is 0 Å². The van der Waals surface area contributed by atoms with Gasteiger partial charge in [-0.05, 0) is 92.8 Å². The summed E-state index contributed by atoms with van der Waals surface area (Å²) in [6, 6.07) is 8.52. The van der Waals surface area contributed by atoms with E-state index in [9.17, 15) is 10.2 Å². The van der Waals surface area contributed by atoms with Gasteiger partial charge in [-0.25, -0.2) is 4.98 Å². The number of nitrogens with zero attached hydrogens (tertiary/aromatic N) is 2. The quantitative estimate of drug-likeness (QED) is 0.543. The third-order valence-electron chi connectivity index (χ3n) is 11.7. The molecule has 4 N–H and O–H groups in total. The third-order valence-corrected chi connectivity index (χ3v) is 11.7. The number of aliphatic hydroxyl groups is 2. The van der Waals surface area contributed by atoms with Gasteiger partial charge in [-0.1, -0.05) is 31.2 Å². The molecule has 6 aliphatic rings. The van der Waals surface area contributed by atoms with Crippen molar-refractivity contribution in [2.45, 2.75) is 74.9 Å². The van der Waals surface area contributed by atoms with Crippen LogP contribution in [-0.4, -0.2) is 63.6 Å². The second-order valence-electron chi connectivity index (χ2n) is 13.3. The zero-order chi connectivity index (χ0) is 25.5. The van der Waals surface area contributed by atoms with Crippen LogP contribution in [0.2, 0.25) is 0 Å². The van der Waals surface area contributed by atoms with E-state index >= 15 is 0 Å². The van der Waals surface area contributed by atoms with E-state index in [1.165, 1.54) is 16.7 Å². The Labute approximate surface area is 218 Å². The lowest BCUT2D eigenvalue weighted by Gasteiger charge is -2.59. The fraction of sp³-hybridized carbons (Fsp3) is 0.581. The molecule has 2 aromatic rings.